The van der Waals surface area contributed by atoms with Crippen molar-refractivity contribution >= 4 is 17.9 Å². The van der Waals surface area contributed by atoms with Crippen LogP contribution in [0.1, 0.15) is 13.3 Å². The van der Waals surface area contributed by atoms with Gasteiger partial charge in [-0.1, -0.05) is 0 Å². The number of nitrogens with zero attached hydrogens (tertiary/aromatic N) is 2. The van der Waals surface area contributed by atoms with Gasteiger partial charge >= 0.3 is 12.0 Å². The van der Waals surface area contributed by atoms with Gasteiger partial charge in [-0.2, -0.15) is 0 Å². The minimum atomic E-state index is -1.06. The Labute approximate surface area is 100 Å². The third-order valence-electron chi connectivity index (χ3n) is 2.11. The van der Waals surface area contributed by atoms with Gasteiger partial charge in [-0.25, -0.2) is 4.79 Å². The number of amides is 3. The van der Waals surface area contributed by atoms with Crippen LogP contribution in [0, 0.1) is 0 Å². The summed E-state index contributed by atoms with van der Waals surface area (Å²) in [5.41, 5.74) is 0. The molecule has 0 bridgehead atoms. The highest BCUT2D eigenvalue weighted by Gasteiger charge is 2.14. The van der Waals surface area contributed by atoms with E-state index < -0.39 is 12.0 Å². The lowest BCUT2D eigenvalue weighted by atomic mass is 10.4. The molecule has 17 heavy (non-hydrogen) atoms. The maximum atomic E-state index is 11.5. The molecular weight excluding hydrogens is 226 g/mol. The van der Waals surface area contributed by atoms with Crippen molar-refractivity contribution in [2.45, 2.75) is 13.3 Å². The molecule has 0 aromatic rings. The molecular formula is C10H19N3O4. The monoisotopic (exact) mass is 245 g/mol. The first-order valence-electron chi connectivity index (χ1n) is 5.33. The number of likely N-dealkylation sites (N-methyl/N-ethyl adjacent to an activating group) is 1. The summed E-state index contributed by atoms with van der Waals surface area (Å²) in [6, 6.07) is -0.471. The van der Waals surface area contributed by atoms with Gasteiger partial charge in [0.05, 0.1) is 0 Å². The smallest absolute Gasteiger partial charge is 0.323 e. The Balaban J connectivity index is 3.99. The van der Waals surface area contributed by atoms with E-state index in [1.165, 1.54) is 4.90 Å². The van der Waals surface area contributed by atoms with E-state index >= 15 is 0 Å². The molecule has 0 spiro atoms. The third-order valence-corrected chi connectivity index (χ3v) is 2.11. The number of hydrogen-bond donors (Lipinski definition) is 2. The minimum absolute atomic E-state index is 0.0911. The van der Waals surface area contributed by atoms with Crippen molar-refractivity contribution in [2.75, 3.05) is 33.7 Å². The number of carbonyl (C=O) groups is 3. The topological polar surface area (TPSA) is 90.0 Å². The van der Waals surface area contributed by atoms with E-state index in [0.717, 1.165) is 4.90 Å². The van der Waals surface area contributed by atoms with E-state index in [0.29, 0.717) is 6.54 Å². The number of carboxylic acid groups (broad SMARTS) is 1. The van der Waals surface area contributed by atoms with Crippen LogP contribution >= 0.6 is 0 Å². The average molecular weight is 245 g/mol. The zero-order valence-electron chi connectivity index (χ0n) is 10.4. The molecule has 0 fully saturated rings. The molecule has 0 aliphatic carbocycles. The van der Waals surface area contributed by atoms with Gasteiger partial charge in [-0.3, -0.25) is 9.59 Å². The molecule has 2 N–H and O–H groups in total. The Bertz CT molecular complexity index is 291. The average Bonchev–Trinajstić information content (AvgIpc) is 2.24. The van der Waals surface area contributed by atoms with Crippen LogP contribution in [0.15, 0.2) is 0 Å². The number of carboxylic acids is 1. The highest BCUT2D eigenvalue weighted by atomic mass is 16.4. The second-order valence-electron chi connectivity index (χ2n) is 3.68. The molecule has 0 rings (SSSR count). The van der Waals surface area contributed by atoms with Crippen LogP contribution in [0.3, 0.4) is 0 Å². The molecule has 0 aromatic heterocycles. The maximum Gasteiger partial charge on any atom is 0.323 e. The molecule has 0 saturated carbocycles. The summed E-state index contributed by atoms with van der Waals surface area (Å²) in [6.45, 7) is 1.85. The molecule has 0 aliphatic heterocycles. The zero-order valence-corrected chi connectivity index (χ0v) is 10.4. The molecule has 0 aliphatic rings. The number of rotatable bonds is 6. The van der Waals surface area contributed by atoms with Gasteiger partial charge < -0.3 is 20.2 Å². The van der Waals surface area contributed by atoms with Crippen molar-refractivity contribution in [3.05, 3.63) is 0 Å². The van der Waals surface area contributed by atoms with Crippen LogP contribution in [-0.4, -0.2) is 66.5 Å². The number of hydrogen-bond acceptors (Lipinski definition) is 3. The lowest BCUT2D eigenvalue weighted by Gasteiger charge is -2.19. The van der Waals surface area contributed by atoms with Gasteiger partial charge in [0, 0.05) is 33.6 Å². The molecule has 0 unspecified atom stereocenters. The molecule has 98 valence electrons. The normalized spacial score (nSPS) is 9.59. The van der Waals surface area contributed by atoms with Crippen molar-refractivity contribution in [3.8, 4) is 0 Å². The quantitative estimate of drug-likeness (QED) is 0.665. The van der Waals surface area contributed by atoms with Crippen molar-refractivity contribution < 1.29 is 19.5 Å². The van der Waals surface area contributed by atoms with E-state index in [9.17, 15) is 14.4 Å². The molecule has 0 atom stereocenters. The number of carbonyl (C=O) groups excluding carboxylic acids is 2. The summed E-state index contributed by atoms with van der Waals surface area (Å²) >= 11 is 0. The molecule has 3 amide bonds. The van der Waals surface area contributed by atoms with Crippen LogP contribution in [0.2, 0.25) is 0 Å². The molecule has 7 nitrogen and oxygen atoms in total. The van der Waals surface area contributed by atoms with Crippen LogP contribution < -0.4 is 5.32 Å². The van der Waals surface area contributed by atoms with Crippen LogP contribution in [0.4, 0.5) is 4.79 Å². The predicted octanol–water partition coefficient (Wildman–Crippen LogP) is -0.419. The van der Waals surface area contributed by atoms with Gasteiger partial charge in [0.1, 0.15) is 6.54 Å². The van der Waals surface area contributed by atoms with Gasteiger partial charge in [-0.15, -0.1) is 0 Å². The van der Waals surface area contributed by atoms with Gasteiger partial charge in [0.15, 0.2) is 0 Å². The summed E-state index contributed by atoms with van der Waals surface area (Å²) in [6.07, 6.45) is 0.198. The van der Waals surface area contributed by atoms with Crippen molar-refractivity contribution in [2.24, 2.45) is 0 Å². The number of aliphatic carboxylic acids is 1. The first kappa shape index (κ1) is 15.2. The fourth-order valence-corrected chi connectivity index (χ4v) is 1.10. The Kier molecular flexibility index (Phi) is 6.69. The Morgan fingerprint density at radius 2 is 1.82 bits per heavy atom. The van der Waals surface area contributed by atoms with E-state index in [-0.39, 0.29) is 25.4 Å². The van der Waals surface area contributed by atoms with Gasteiger partial charge in [0.25, 0.3) is 0 Å². The molecule has 0 aromatic carbocycles. The first-order chi connectivity index (χ1) is 7.88. The Hall–Kier alpha value is -1.79. The Morgan fingerprint density at radius 1 is 1.24 bits per heavy atom. The third kappa shape index (κ3) is 6.39. The van der Waals surface area contributed by atoms with Gasteiger partial charge in [0.2, 0.25) is 5.91 Å². The standard InChI is InChI=1S/C10H19N3O4/c1-4-13(7-9(15)16)10(17)11-6-5-8(14)12(2)3/h4-7H2,1-3H3,(H,11,17)(H,15,16). The first-order valence-corrected chi connectivity index (χ1v) is 5.33. The highest BCUT2D eigenvalue weighted by molar-refractivity contribution is 5.81. The van der Waals surface area contributed by atoms with Crippen LogP contribution in [0.25, 0.3) is 0 Å². The summed E-state index contributed by atoms with van der Waals surface area (Å²) in [4.78, 5) is 35.7. The minimum Gasteiger partial charge on any atom is -0.480 e. The van der Waals surface area contributed by atoms with Gasteiger partial charge in [-0.05, 0) is 6.92 Å². The second-order valence-corrected chi connectivity index (χ2v) is 3.68. The summed E-state index contributed by atoms with van der Waals surface area (Å²) in [5, 5.41) is 11.1. The maximum absolute atomic E-state index is 11.5. The SMILES string of the molecule is CCN(CC(=O)O)C(=O)NCCC(=O)N(C)C. The number of urea groups is 1. The summed E-state index contributed by atoms with van der Waals surface area (Å²) in [5.74, 6) is -1.15. The highest BCUT2D eigenvalue weighted by Crippen LogP contribution is 1.91. The van der Waals surface area contributed by atoms with E-state index in [2.05, 4.69) is 5.32 Å². The predicted molar refractivity (Wildman–Crippen MR) is 61.6 cm³/mol. The van der Waals surface area contributed by atoms with Crippen molar-refractivity contribution in [3.63, 3.8) is 0 Å². The van der Waals surface area contributed by atoms with E-state index in [4.69, 9.17) is 5.11 Å². The Morgan fingerprint density at radius 3 is 2.24 bits per heavy atom. The number of nitrogens with one attached hydrogen (secondary N) is 1. The van der Waals surface area contributed by atoms with Crippen LogP contribution in [0.5, 0.6) is 0 Å². The van der Waals surface area contributed by atoms with Crippen LogP contribution in [-0.2, 0) is 9.59 Å². The largest absolute Gasteiger partial charge is 0.480 e. The lowest BCUT2D eigenvalue weighted by Crippen LogP contribution is -2.43. The molecule has 0 radical (unpaired) electrons. The van der Waals surface area contributed by atoms with Crippen molar-refractivity contribution in [1.29, 1.82) is 0 Å². The molecule has 7 heteroatoms. The summed E-state index contributed by atoms with van der Waals surface area (Å²) in [7, 11) is 3.26. The van der Waals surface area contributed by atoms with E-state index in [1.54, 1.807) is 21.0 Å². The fraction of sp³-hybridized carbons (Fsp3) is 0.700. The van der Waals surface area contributed by atoms with Crippen molar-refractivity contribution in [1.82, 2.24) is 15.1 Å². The summed E-state index contributed by atoms with van der Waals surface area (Å²) < 4.78 is 0. The molecule has 0 saturated heterocycles. The second kappa shape index (κ2) is 7.48. The van der Waals surface area contributed by atoms with E-state index in [1.807, 2.05) is 0 Å². The lowest BCUT2D eigenvalue weighted by molar-refractivity contribution is -0.137. The fourth-order valence-electron chi connectivity index (χ4n) is 1.10. The molecule has 0 heterocycles. The zero-order chi connectivity index (χ0) is 13.4.